The molecule has 2 aromatic rings. The summed E-state index contributed by atoms with van der Waals surface area (Å²) in [7, 11) is 4.05. The number of H-pyrrole nitrogens is 1. The number of fused-ring (bicyclic) bond motifs is 1. The van der Waals surface area contributed by atoms with Crippen LogP contribution < -0.4 is 0 Å². The molecule has 7 nitrogen and oxygen atoms in total. The molecule has 0 radical (unpaired) electrons. The molecule has 0 spiro atoms. The second-order valence-corrected chi connectivity index (χ2v) is 8.88. The Bertz CT molecular complexity index is 924. The molecule has 1 fully saturated rings. The maximum Gasteiger partial charge on any atom is 0.228 e. The summed E-state index contributed by atoms with van der Waals surface area (Å²) < 4.78 is 0. The number of carbonyl (C=O) groups excluding carboxylic acids is 2. The van der Waals surface area contributed by atoms with E-state index in [1.807, 2.05) is 48.2 Å². The highest BCUT2D eigenvalue weighted by molar-refractivity contribution is 6.30. The van der Waals surface area contributed by atoms with Crippen LogP contribution in [0.25, 0.3) is 11.3 Å². The molecule has 160 valence electrons. The number of benzene rings is 1. The molecule has 2 amide bonds. The minimum absolute atomic E-state index is 0.0763. The molecule has 1 aromatic heterocycles. The van der Waals surface area contributed by atoms with E-state index in [-0.39, 0.29) is 17.7 Å². The smallest absolute Gasteiger partial charge is 0.228 e. The Morgan fingerprint density at radius 1 is 1.30 bits per heavy atom. The van der Waals surface area contributed by atoms with Gasteiger partial charge >= 0.3 is 0 Å². The Balaban J connectivity index is 1.42. The molecule has 1 aromatic carbocycles. The topological polar surface area (TPSA) is 72.5 Å². The number of aromatic nitrogens is 2. The zero-order valence-electron chi connectivity index (χ0n) is 17.5. The number of amides is 2. The average molecular weight is 430 g/mol. The minimum atomic E-state index is -0.246. The first-order valence-electron chi connectivity index (χ1n) is 10.5. The summed E-state index contributed by atoms with van der Waals surface area (Å²) in [5, 5.41) is 8.30. The van der Waals surface area contributed by atoms with Crippen molar-refractivity contribution in [1.29, 1.82) is 0 Å². The van der Waals surface area contributed by atoms with Gasteiger partial charge < -0.3 is 14.7 Å². The van der Waals surface area contributed by atoms with Crippen LogP contribution in [0.4, 0.5) is 0 Å². The van der Waals surface area contributed by atoms with Gasteiger partial charge in [-0.1, -0.05) is 23.7 Å². The standard InChI is InChI=1S/C22H28ClN5O2/c1-26(2)9-3-10-27-13-16(12-20(27)29)22(30)28-11-8-19-18(14-28)21(25-24-19)15-4-6-17(23)7-5-15/h4-7,16H,3,8-14H2,1-2H3,(H,24,25). The number of hydrogen-bond donors (Lipinski definition) is 1. The van der Waals surface area contributed by atoms with Crippen LogP contribution in [0.2, 0.25) is 5.02 Å². The third-order valence-corrected chi connectivity index (χ3v) is 6.21. The van der Waals surface area contributed by atoms with Crippen LogP contribution in [0.1, 0.15) is 24.1 Å². The predicted octanol–water partition coefficient (Wildman–Crippen LogP) is 2.42. The fourth-order valence-electron chi connectivity index (χ4n) is 4.32. The van der Waals surface area contributed by atoms with Crippen molar-refractivity contribution in [3.63, 3.8) is 0 Å². The first-order valence-corrected chi connectivity index (χ1v) is 10.8. The van der Waals surface area contributed by atoms with Crippen molar-refractivity contribution < 1.29 is 9.59 Å². The number of rotatable bonds is 6. The third-order valence-electron chi connectivity index (χ3n) is 5.96. The van der Waals surface area contributed by atoms with E-state index in [1.54, 1.807) is 0 Å². The van der Waals surface area contributed by atoms with Gasteiger partial charge in [-0.25, -0.2) is 0 Å². The molecule has 1 saturated heterocycles. The molecule has 2 aliphatic rings. The van der Waals surface area contributed by atoms with Crippen LogP contribution in [-0.4, -0.2) is 77.0 Å². The van der Waals surface area contributed by atoms with Gasteiger partial charge in [-0.05, 0) is 39.2 Å². The molecule has 8 heteroatoms. The number of halogens is 1. The lowest BCUT2D eigenvalue weighted by Gasteiger charge is -2.29. The summed E-state index contributed by atoms with van der Waals surface area (Å²) >= 11 is 6.01. The van der Waals surface area contributed by atoms with E-state index in [4.69, 9.17) is 11.6 Å². The van der Waals surface area contributed by atoms with Gasteiger partial charge in [0.05, 0.1) is 11.6 Å². The van der Waals surface area contributed by atoms with Crippen molar-refractivity contribution in [2.75, 3.05) is 40.3 Å². The number of likely N-dealkylation sites (tertiary alicyclic amines) is 1. The molecule has 1 N–H and O–H groups in total. The number of carbonyl (C=O) groups is 2. The SMILES string of the molecule is CN(C)CCCN1CC(C(=O)N2CCc3[nH]nc(-c4ccc(Cl)cc4)c3C2)CC1=O. The quantitative estimate of drug-likeness (QED) is 0.765. The summed E-state index contributed by atoms with van der Waals surface area (Å²) in [6.45, 7) is 3.36. The fourth-order valence-corrected chi connectivity index (χ4v) is 4.45. The van der Waals surface area contributed by atoms with Crippen LogP contribution in [0.5, 0.6) is 0 Å². The largest absolute Gasteiger partial charge is 0.342 e. The molecule has 2 aliphatic heterocycles. The van der Waals surface area contributed by atoms with Crippen molar-refractivity contribution >= 4 is 23.4 Å². The third kappa shape index (κ3) is 4.37. The van der Waals surface area contributed by atoms with Crippen LogP contribution >= 0.6 is 11.6 Å². The Morgan fingerprint density at radius 3 is 2.80 bits per heavy atom. The van der Waals surface area contributed by atoms with Crippen LogP contribution in [0, 0.1) is 5.92 Å². The molecule has 4 rings (SSSR count). The molecular weight excluding hydrogens is 402 g/mol. The van der Waals surface area contributed by atoms with Crippen LogP contribution in [0.3, 0.4) is 0 Å². The zero-order valence-corrected chi connectivity index (χ0v) is 18.3. The Hall–Kier alpha value is -2.38. The summed E-state index contributed by atoms with van der Waals surface area (Å²) in [5.41, 5.74) is 3.99. The minimum Gasteiger partial charge on any atom is -0.342 e. The van der Waals surface area contributed by atoms with Crippen molar-refractivity contribution in [1.82, 2.24) is 24.9 Å². The van der Waals surface area contributed by atoms with E-state index < -0.39 is 0 Å². The molecular formula is C22H28ClN5O2. The van der Waals surface area contributed by atoms with Gasteiger partial charge in [0.2, 0.25) is 11.8 Å². The number of nitrogens with zero attached hydrogens (tertiary/aromatic N) is 4. The zero-order chi connectivity index (χ0) is 21.3. The van der Waals surface area contributed by atoms with E-state index in [1.165, 1.54) is 0 Å². The van der Waals surface area contributed by atoms with Gasteiger partial charge in [0.1, 0.15) is 0 Å². The maximum absolute atomic E-state index is 13.2. The van der Waals surface area contributed by atoms with Gasteiger partial charge in [0.25, 0.3) is 0 Å². The summed E-state index contributed by atoms with van der Waals surface area (Å²) in [5.74, 6) is -0.0772. The van der Waals surface area contributed by atoms with Gasteiger partial charge in [0.15, 0.2) is 0 Å². The van der Waals surface area contributed by atoms with Gasteiger partial charge in [-0.3, -0.25) is 14.7 Å². The Kier molecular flexibility index (Phi) is 6.11. The normalized spacial score (nSPS) is 18.9. The second kappa shape index (κ2) is 8.78. The van der Waals surface area contributed by atoms with E-state index in [0.29, 0.717) is 37.6 Å². The molecule has 0 bridgehead atoms. The monoisotopic (exact) mass is 429 g/mol. The van der Waals surface area contributed by atoms with Crippen LogP contribution in [-0.2, 0) is 22.6 Å². The average Bonchev–Trinajstić information content (AvgIpc) is 3.31. The Labute approximate surface area is 182 Å². The molecule has 1 unspecified atom stereocenters. The highest BCUT2D eigenvalue weighted by Crippen LogP contribution is 2.30. The highest BCUT2D eigenvalue weighted by Gasteiger charge is 2.37. The summed E-state index contributed by atoms with van der Waals surface area (Å²) in [4.78, 5) is 31.4. The van der Waals surface area contributed by atoms with Crippen LogP contribution in [0.15, 0.2) is 24.3 Å². The lowest BCUT2D eigenvalue weighted by molar-refractivity contribution is -0.136. The highest BCUT2D eigenvalue weighted by atomic mass is 35.5. The molecule has 0 aliphatic carbocycles. The molecule has 3 heterocycles. The second-order valence-electron chi connectivity index (χ2n) is 8.44. The molecule has 1 atom stereocenters. The number of nitrogens with one attached hydrogen (secondary N) is 1. The molecule has 0 saturated carbocycles. The van der Waals surface area contributed by atoms with E-state index in [2.05, 4.69) is 15.1 Å². The van der Waals surface area contributed by atoms with Gasteiger partial charge in [-0.2, -0.15) is 5.10 Å². The van der Waals surface area contributed by atoms with Crippen molar-refractivity contribution in [3.05, 3.63) is 40.5 Å². The first kappa shape index (κ1) is 20.9. The van der Waals surface area contributed by atoms with Crippen molar-refractivity contribution in [3.8, 4) is 11.3 Å². The van der Waals surface area contributed by atoms with Crippen molar-refractivity contribution in [2.24, 2.45) is 5.92 Å². The van der Waals surface area contributed by atoms with Gasteiger partial charge in [-0.15, -0.1) is 0 Å². The maximum atomic E-state index is 13.2. The van der Waals surface area contributed by atoms with E-state index in [9.17, 15) is 9.59 Å². The fraction of sp³-hybridized carbons (Fsp3) is 0.500. The van der Waals surface area contributed by atoms with E-state index in [0.717, 1.165) is 41.9 Å². The Morgan fingerprint density at radius 2 is 2.07 bits per heavy atom. The summed E-state index contributed by atoms with van der Waals surface area (Å²) in [6.07, 6.45) is 1.99. The number of hydrogen-bond acceptors (Lipinski definition) is 4. The number of aromatic amines is 1. The summed E-state index contributed by atoms with van der Waals surface area (Å²) in [6, 6.07) is 7.58. The lowest BCUT2D eigenvalue weighted by atomic mass is 9.99. The first-order chi connectivity index (χ1) is 14.4. The lowest BCUT2D eigenvalue weighted by Crippen LogP contribution is -2.40. The molecule has 30 heavy (non-hydrogen) atoms. The van der Waals surface area contributed by atoms with E-state index >= 15 is 0 Å². The predicted molar refractivity (Wildman–Crippen MR) is 116 cm³/mol. The van der Waals surface area contributed by atoms with Crippen molar-refractivity contribution in [2.45, 2.75) is 25.8 Å². The van der Waals surface area contributed by atoms with Gasteiger partial charge in [0, 0.05) is 60.9 Å².